The van der Waals surface area contributed by atoms with E-state index in [1.807, 2.05) is 48.5 Å². The van der Waals surface area contributed by atoms with E-state index in [-0.39, 0.29) is 30.5 Å². The molecule has 14 nitrogen and oxygen atoms in total. The van der Waals surface area contributed by atoms with Crippen LogP contribution in [0.15, 0.2) is 78.9 Å². The Labute approximate surface area is 257 Å². The number of phosphoric acid groups is 2. The number of nitrogens with one attached hydrogen (secondary N) is 1. The standard InChI is InChI=1S/C29H28N2O12P2/c1-38-28(32)27-26(16-19-8-2-7-13-25(19)31-27)40-18-42-45(36,37)43-44(34,35)41-15-14-30-29(33)39-17-24-22-11-5-3-9-20(22)21-10-4-6-12-23(21)24/h2-13,16,24H,14-15,17-18H2,1H3,(H,30,33)(H,34,35)(H,36,37). The van der Waals surface area contributed by atoms with Gasteiger partial charge in [0.2, 0.25) is 6.79 Å². The minimum Gasteiger partial charge on any atom is -0.464 e. The van der Waals surface area contributed by atoms with Crippen LogP contribution >= 0.6 is 15.6 Å². The fourth-order valence-electron chi connectivity index (χ4n) is 4.75. The lowest BCUT2D eigenvalue weighted by Crippen LogP contribution is -2.29. The van der Waals surface area contributed by atoms with Crippen molar-refractivity contribution >= 4 is 38.6 Å². The van der Waals surface area contributed by atoms with Crippen LogP contribution in [0.1, 0.15) is 27.5 Å². The van der Waals surface area contributed by atoms with Crippen LogP contribution in [-0.2, 0) is 32.0 Å². The molecule has 16 heteroatoms. The van der Waals surface area contributed by atoms with Crippen molar-refractivity contribution in [3.63, 3.8) is 0 Å². The van der Waals surface area contributed by atoms with E-state index in [0.717, 1.165) is 29.4 Å². The molecule has 2 unspecified atom stereocenters. The minimum absolute atomic E-state index is 0.0613. The Morgan fingerprint density at radius 3 is 2.20 bits per heavy atom. The van der Waals surface area contributed by atoms with E-state index >= 15 is 0 Å². The molecular weight excluding hydrogens is 630 g/mol. The number of aromatic nitrogens is 1. The van der Waals surface area contributed by atoms with Crippen LogP contribution < -0.4 is 10.1 Å². The van der Waals surface area contributed by atoms with E-state index in [1.54, 1.807) is 24.3 Å². The van der Waals surface area contributed by atoms with Gasteiger partial charge in [-0.1, -0.05) is 66.7 Å². The Kier molecular flexibility index (Phi) is 9.96. The maximum absolute atomic E-state index is 12.3. The fourth-order valence-corrected chi connectivity index (χ4v) is 6.68. The van der Waals surface area contributed by atoms with Crippen molar-refractivity contribution in [2.24, 2.45) is 0 Å². The average molecular weight is 658 g/mol. The molecule has 1 aliphatic carbocycles. The molecule has 5 rings (SSSR count). The largest absolute Gasteiger partial charge is 0.484 e. The molecular formula is C29H28N2O12P2. The summed E-state index contributed by atoms with van der Waals surface area (Å²) in [5.74, 6) is -1.12. The second-order valence-corrected chi connectivity index (χ2v) is 12.6. The maximum atomic E-state index is 12.3. The quantitative estimate of drug-likeness (QED) is 0.0741. The Balaban J connectivity index is 1.06. The number of phosphoric ester groups is 2. The maximum Gasteiger partial charge on any atom is 0.484 e. The monoisotopic (exact) mass is 658 g/mol. The molecule has 1 amide bonds. The summed E-state index contributed by atoms with van der Waals surface area (Å²) >= 11 is 0. The van der Waals surface area contributed by atoms with Gasteiger partial charge in [-0.25, -0.2) is 28.2 Å². The summed E-state index contributed by atoms with van der Waals surface area (Å²) in [4.78, 5) is 48.3. The summed E-state index contributed by atoms with van der Waals surface area (Å²) < 4.78 is 53.3. The third-order valence-electron chi connectivity index (χ3n) is 6.67. The number of para-hydroxylation sites is 1. The van der Waals surface area contributed by atoms with E-state index < -0.39 is 41.1 Å². The molecule has 236 valence electrons. The number of benzene rings is 3. The molecule has 0 saturated heterocycles. The van der Waals surface area contributed by atoms with Crippen molar-refractivity contribution in [3.8, 4) is 16.9 Å². The summed E-state index contributed by atoms with van der Waals surface area (Å²) in [5, 5.41) is 2.96. The van der Waals surface area contributed by atoms with E-state index in [0.29, 0.717) is 10.9 Å². The zero-order chi connectivity index (χ0) is 32.0. The van der Waals surface area contributed by atoms with E-state index in [1.165, 1.54) is 6.07 Å². The predicted octanol–water partition coefficient (Wildman–Crippen LogP) is 5.15. The Hall–Kier alpha value is -4.13. The van der Waals surface area contributed by atoms with Crippen LogP contribution in [-0.4, -0.2) is 60.5 Å². The molecule has 45 heavy (non-hydrogen) atoms. The highest BCUT2D eigenvalue weighted by atomic mass is 31.3. The molecule has 3 N–H and O–H groups in total. The van der Waals surface area contributed by atoms with Crippen molar-refractivity contribution in [1.29, 1.82) is 0 Å². The summed E-state index contributed by atoms with van der Waals surface area (Å²) in [6.07, 6.45) is -0.794. The minimum atomic E-state index is -5.20. The topological polar surface area (TPSA) is 189 Å². The van der Waals surface area contributed by atoms with E-state index in [2.05, 4.69) is 23.7 Å². The first-order valence-electron chi connectivity index (χ1n) is 13.4. The van der Waals surface area contributed by atoms with Gasteiger partial charge in [-0.3, -0.25) is 4.52 Å². The number of pyridine rings is 1. The first kappa shape index (κ1) is 32.3. The molecule has 1 heterocycles. The highest BCUT2D eigenvalue weighted by Crippen LogP contribution is 2.60. The molecule has 0 saturated carbocycles. The number of amides is 1. The zero-order valence-electron chi connectivity index (χ0n) is 23.7. The van der Waals surface area contributed by atoms with Gasteiger partial charge in [-0.15, -0.1) is 0 Å². The fraction of sp³-hybridized carbons (Fsp3) is 0.207. The number of carbonyl (C=O) groups excluding carboxylic acids is 2. The molecule has 3 aromatic carbocycles. The van der Waals surface area contributed by atoms with Crippen molar-refractivity contribution in [3.05, 3.63) is 95.7 Å². The lowest BCUT2D eigenvalue weighted by molar-refractivity contribution is 0.0569. The highest BCUT2D eigenvalue weighted by molar-refractivity contribution is 7.61. The number of rotatable bonds is 13. The van der Waals surface area contributed by atoms with Gasteiger partial charge in [0.25, 0.3) is 0 Å². The first-order valence-corrected chi connectivity index (χ1v) is 16.4. The number of fused-ring (bicyclic) bond motifs is 4. The van der Waals surface area contributed by atoms with E-state index in [4.69, 9.17) is 14.2 Å². The normalized spacial score (nSPS) is 14.9. The smallest absolute Gasteiger partial charge is 0.464 e. The second-order valence-electron chi connectivity index (χ2n) is 9.51. The predicted molar refractivity (Wildman–Crippen MR) is 159 cm³/mol. The van der Waals surface area contributed by atoms with Crippen molar-refractivity contribution in [1.82, 2.24) is 10.3 Å². The van der Waals surface area contributed by atoms with Gasteiger partial charge in [-0.05, 0) is 34.4 Å². The van der Waals surface area contributed by atoms with Gasteiger partial charge in [-0.2, -0.15) is 4.31 Å². The van der Waals surface area contributed by atoms with E-state index in [9.17, 15) is 28.5 Å². The first-order chi connectivity index (χ1) is 21.6. The molecule has 0 radical (unpaired) electrons. The van der Waals surface area contributed by atoms with Crippen LogP contribution in [0.4, 0.5) is 4.79 Å². The highest BCUT2D eigenvalue weighted by Gasteiger charge is 2.36. The van der Waals surface area contributed by atoms with Gasteiger partial charge in [0.15, 0.2) is 11.4 Å². The second kappa shape index (κ2) is 13.9. The van der Waals surface area contributed by atoms with Crippen LogP contribution in [0.25, 0.3) is 22.0 Å². The van der Waals surface area contributed by atoms with Crippen LogP contribution in [0.3, 0.4) is 0 Å². The number of esters is 1. The Morgan fingerprint density at radius 2 is 1.51 bits per heavy atom. The molecule has 0 aliphatic heterocycles. The third-order valence-corrected chi connectivity index (χ3v) is 9.27. The Bertz CT molecular complexity index is 1770. The summed E-state index contributed by atoms with van der Waals surface area (Å²) in [6, 6.07) is 23.9. The number of methoxy groups -OCH3 is 1. The number of nitrogens with zero attached hydrogens (tertiary/aromatic N) is 1. The van der Waals surface area contributed by atoms with Gasteiger partial charge < -0.3 is 29.3 Å². The summed E-state index contributed by atoms with van der Waals surface area (Å²) in [7, 11) is -9.19. The average Bonchev–Trinajstić information content (AvgIpc) is 3.34. The molecule has 0 spiro atoms. The van der Waals surface area contributed by atoms with Crippen LogP contribution in [0, 0.1) is 0 Å². The number of hydrogen-bond donors (Lipinski definition) is 3. The van der Waals surface area contributed by atoms with Gasteiger partial charge in [0, 0.05) is 17.8 Å². The molecule has 1 aliphatic rings. The summed E-state index contributed by atoms with van der Waals surface area (Å²) in [6.45, 7) is -1.76. The number of alkyl carbamates (subject to hydrolysis) is 1. The van der Waals surface area contributed by atoms with Crippen molar-refractivity contribution in [2.75, 3.05) is 33.7 Å². The zero-order valence-corrected chi connectivity index (χ0v) is 25.5. The lowest BCUT2D eigenvalue weighted by atomic mass is 9.98. The van der Waals surface area contributed by atoms with Crippen molar-refractivity contribution < 1.29 is 56.1 Å². The van der Waals surface area contributed by atoms with Crippen molar-refractivity contribution in [2.45, 2.75) is 5.92 Å². The van der Waals surface area contributed by atoms with Gasteiger partial charge in [0.1, 0.15) is 6.61 Å². The number of carbonyl (C=O) groups is 2. The Morgan fingerprint density at radius 1 is 0.889 bits per heavy atom. The molecule has 0 fully saturated rings. The third kappa shape index (κ3) is 7.94. The SMILES string of the molecule is COC(=O)c1nc2ccccc2cc1OCOP(=O)(O)OP(=O)(O)OCCNC(=O)OCC1c2ccccc2-c2ccccc21. The summed E-state index contributed by atoms with van der Waals surface area (Å²) in [5.41, 5.74) is 4.45. The molecule has 1 aromatic heterocycles. The number of hydrogen-bond acceptors (Lipinski definition) is 11. The number of ether oxygens (including phenoxy) is 3. The van der Waals surface area contributed by atoms with Gasteiger partial charge >= 0.3 is 27.7 Å². The lowest BCUT2D eigenvalue weighted by Gasteiger charge is -2.17. The van der Waals surface area contributed by atoms with Crippen LogP contribution in [0.2, 0.25) is 0 Å². The molecule has 4 aromatic rings. The van der Waals surface area contributed by atoms with Crippen LogP contribution in [0.5, 0.6) is 5.75 Å². The molecule has 0 bridgehead atoms. The molecule has 2 atom stereocenters. The van der Waals surface area contributed by atoms with Gasteiger partial charge in [0.05, 0.1) is 19.2 Å².